The van der Waals surface area contributed by atoms with E-state index in [1.54, 1.807) is 0 Å². The van der Waals surface area contributed by atoms with Crippen LogP contribution in [0, 0.1) is 6.92 Å². The van der Waals surface area contributed by atoms with Crippen LogP contribution in [0.1, 0.15) is 43.6 Å². The molecule has 7 rings (SSSR count). The zero-order valence-electron chi connectivity index (χ0n) is 24.9. The van der Waals surface area contributed by atoms with Crippen molar-refractivity contribution < 1.29 is 19.4 Å². The Morgan fingerprint density at radius 3 is 2.56 bits per heavy atom. The van der Waals surface area contributed by atoms with E-state index in [4.69, 9.17) is 14.5 Å². The number of fused-ring (bicyclic) bond motifs is 2. The van der Waals surface area contributed by atoms with Gasteiger partial charge in [0.2, 0.25) is 0 Å². The van der Waals surface area contributed by atoms with Gasteiger partial charge in [-0.15, -0.1) is 0 Å². The third-order valence-electron chi connectivity index (χ3n) is 8.26. The number of aryl methyl sites for hydroxylation is 2. The first-order chi connectivity index (χ1) is 20.6. The minimum absolute atomic E-state index is 0.623. The highest BCUT2D eigenvalue weighted by Gasteiger charge is 2.32. The highest BCUT2D eigenvalue weighted by atomic mass is 16.5. The molecule has 216 valence electrons. The van der Waals surface area contributed by atoms with Gasteiger partial charge in [0.05, 0.1) is 29.4 Å². The van der Waals surface area contributed by atoms with Crippen molar-refractivity contribution in [2.75, 3.05) is 6.61 Å². The van der Waals surface area contributed by atoms with Crippen molar-refractivity contribution in [3.8, 4) is 28.0 Å². The topological polar surface area (TPSA) is 86.5 Å². The Balaban J connectivity index is 1.52. The average molecular weight is 572 g/mol. The van der Waals surface area contributed by atoms with E-state index in [0.717, 1.165) is 72.6 Å². The zero-order chi connectivity index (χ0) is 30.0. The van der Waals surface area contributed by atoms with Crippen LogP contribution in [0.2, 0.25) is 0 Å². The summed E-state index contributed by atoms with van der Waals surface area (Å²) in [4.78, 5) is 17.7. The molecule has 7 nitrogen and oxygen atoms in total. The van der Waals surface area contributed by atoms with Crippen LogP contribution in [0.3, 0.4) is 0 Å². The lowest BCUT2D eigenvalue weighted by atomic mass is 9.85. The van der Waals surface area contributed by atoms with Gasteiger partial charge in [-0.05, 0) is 103 Å². The van der Waals surface area contributed by atoms with Crippen molar-refractivity contribution in [1.29, 1.82) is 0 Å². The summed E-state index contributed by atoms with van der Waals surface area (Å²) >= 11 is 0. The van der Waals surface area contributed by atoms with Crippen molar-refractivity contribution in [2.45, 2.75) is 45.8 Å². The molecule has 1 unspecified atom stereocenters. The fourth-order valence-electron chi connectivity index (χ4n) is 6.40. The molecule has 7 heteroatoms. The number of aliphatic carboxylic acids is 1. The maximum atomic E-state index is 12.9. The van der Waals surface area contributed by atoms with E-state index < -0.39 is 17.7 Å². The Bertz CT molecular complexity index is 2080. The van der Waals surface area contributed by atoms with Crippen LogP contribution >= 0.6 is 0 Å². The lowest BCUT2D eigenvalue weighted by Gasteiger charge is -2.29. The van der Waals surface area contributed by atoms with Crippen LogP contribution in [0.5, 0.6) is 5.75 Å². The molecule has 4 aromatic carbocycles. The Morgan fingerprint density at radius 2 is 1.79 bits per heavy atom. The molecule has 43 heavy (non-hydrogen) atoms. The predicted molar refractivity (Wildman–Crippen MR) is 170 cm³/mol. The highest BCUT2D eigenvalue weighted by molar-refractivity contribution is 6.09. The van der Waals surface area contributed by atoms with E-state index in [1.807, 2.05) is 70.0 Å². The molecule has 1 aliphatic rings. The van der Waals surface area contributed by atoms with Crippen LogP contribution in [0.4, 0.5) is 0 Å². The van der Waals surface area contributed by atoms with Gasteiger partial charge >= 0.3 is 5.97 Å². The first-order valence-corrected chi connectivity index (χ1v) is 14.5. The van der Waals surface area contributed by atoms with Crippen molar-refractivity contribution in [3.05, 3.63) is 89.7 Å². The Hall–Kier alpha value is -4.75. The largest absolute Gasteiger partial charge is 0.493 e. The van der Waals surface area contributed by atoms with Gasteiger partial charge in [-0.25, -0.2) is 4.79 Å². The van der Waals surface area contributed by atoms with E-state index in [9.17, 15) is 9.90 Å². The summed E-state index contributed by atoms with van der Waals surface area (Å²) in [5.41, 5.74) is 7.70. The molecular weight excluding hydrogens is 538 g/mol. The molecule has 0 saturated carbocycles. The van der Waals surface area contributed by atoms with Crippen LogP contribution < -0.4 is 4.74 Å². The number of carboxylic acid groups (broad SMARTS) is 1. The first-order valence-electron chi connectivity index (χ1n) is 14.5. The minimum Gasteiger partial charge on any atom is -0.493 e. The van der Waals surface area contributed by atoms with Crippen molar-refractivity contribution in [2.24, 2.45) is 7.05 Å². The van der Waals surface area contributed by atoms with Gasteiger partial charge < -0.3 is 14.6 Å². The van der Waals surface area contributed by atoms with E-state index >= 15 is 0 Å². The molecule has 1 N–H and O–H groups in total. The molecule has 0 spiro atoms. The quantitative estimate of drug-likeness (QED) is 0.227. The maximum Gasteiger partial charge on any atom is 0.337 e. The Labute approximate surface area is 249 Å². The van der Waals surface area contributed by atoms with Crippen LogP contribution in [-0.2, 0) is 23.0 Å². The SMILES string of the molecule is Cc1cc2cc(-c3ccc4c(cnn4C)c3)ccc2c(-c2ccc3c4c(ccnc24)CCO3)c1C(OC(C)(C)C)C(=O)O. The fourth-order valence-corrected chi connectivity index (χ4v) is 6.40. The molecule has 0 amide bonds. The predicted octanol–water partition coefficient (Wildman–Crippen LogP) is 7.79. The monoisotopic (exact) mass is 571 g/mol. The number of ether oxygens (including phenoxy) is 2. The van der Waals surface area contributed by atoms with Crippen LogP contribution in [0.15, 0.2) is 73.1 Å². The van der Waals surface area contributed by atoms with Crippen molar-refractivity contribution in [3.63, 3.8) is 0 Å². The zero-order valence-corrected chi connectivity index (χ0v) is 24.9. The molecule has 0 saturated heterocycles. The number of hydrogen-bond donors (Lipinski definition) is 1. The first kappa shape index (κ1) is 27.1. The lowest BCUT2D eigenvalue weighted by molar-refractivity contribution is -0.160. The van der Waals surface area contributed by atoms with Gasteiger partial charge in [0, 0.05) is 41.6 Å². The molecule has 3 heterocycles. The average Bonchev–Trinajstić information content (AvgIpc) is 3.35. The summed E-state index contributed by atoms with van der Waals surface area (Å²) in [5, 5.41) is 18.9. The number of pyridine rings is 1. The van der Waals surface area contributed by atoms with Gasteiger partial charge in [-0.1, -0.05) is 24.3 Å². The maximum absolute atomic E-state index is 12.9. The number of aromatic nitrogens is 3. The molecule has 6 aromatic rings. The Morgan fingerprint density at radius 1 is 1.02 bits per heavy atom. The molecule has 0 radical (unpaired) electrons. The summed E-state index contributed by atoms with van der Waals surface area (Å²) in [5.74, 6) is -0.223. The van der Waals surface area contributed by atoms with Gasteiger partial charge in [0.25, 0.3) is 0 Å². The standard InChI is InChI=1S/C36H33N3O4/c1-20-16-24-17-22(23-7-10-28-25(18-23)19-38-39(28)5)6-8-26(24)32(30(20)34(35(40)41)43-36(2,3)4)27-9-11-29-31-21(13-15-42-29)12-14-37-33(27)31/h6-12,14,16-19,34H,13,15H2,1-5H3,(H,40,41). The Kier molecular flexibility index (Phi) is 6.25. The van der Waals surface area contributed by atoms with Gasteiger partial charge in [-0.2, -0.15) is 5.10 Å². The number of benzene rings is 4. The number of carboxylic acids is 1. The smallest absolute Gasteiger partial charge is 0.337 e. The van der Waals surface area contributed by atoms with E-state index in [0.29, 0.717) is 12.2 Å². The summed E-state index contributed by atoms with van der Waals surface area (Å²) in [6.07, 6.45) is 3.34. The summed E-state index contributed by atoms with van der Waals surface area (Å²) in [6, 6.07) is 20.8. The molecule has 0 aliphatic carbocycles. The normalized spacial score (nSPS) is 13.9. The number of carbonyl (C=O) groups is 1. The highest BCUT2D eigenvalue weighted by Crippen LogP contribution is 2.45. The number of rotatable bonds is 5. The lowest BCUT2D eigenvalue weighted by Crippen LogP contribution is -2.28. The fraction of sp³-hybridized carbons (Fsp3) is 0.250. The van der Waals surface area contributed by atoms with Crippen LogP contribution in [-0.4, -0.2) is 38.0 Å². The van der Waals surface area contributed by atoms with E-state index in [2.05, 4.69) is 47.6 Å². The minimum atomic E-state index is -1.17. The second kappa shape index (κ2) is 9.92. The third-order valence-corrected chi connectivity index (χ3v) is 8.26. The molecule has 0 bridgehead atoms. The van der Waals surface area contributed by atoms with Crippen LogP contribution in [0.25, 0.3) is 54.8 Å². The van der Waals surface area contributed by atoms with Gasteiger partial charge in [0.1, 0.15) is 5.75 Å². The van der Waals surface area contributed by atoms with Crippen molar-refractivity contribution in [1.82, 2.24) is 14.8 Å². The second-order valence-corrected chi connectivity index (χ2v) is 12.3. The van der Waals surface area contributed by atoms with E-state index in [1.165, 1.54) is 5.56 Å². The molecule has 2 aromatic heterocycles. The second-order valence-electron chi connectivity index (χ2n) is 12.3. The number of hydrogen-bond acceptors (Lipinski definition) is 5. The molecule has 1 atom stereocenters. The molecule has 1 aliphatic heterocycles. The van der Waals surface area contributed by atoms with E-state index in [-0.39, 0.29) is 0 Å². The molecular formula is C36H33N3O4. The summed E-state index contributed by atoms with van der Waals surface area (Å²) in [7, 11) is 1.94. The van der Waals surface area contributed by atoms with Gasteiger partial charge in [-0.3, -0.25) is 9.67 Å². The molecule has 0 fully saturated rings. The third kappa shape index (κ3) is 4.61. The summed E-state index contributed by atoms with van der Waals surface area (Å²) < 4.78 is 14.1. The van der Waals surface area contributed by atoms with Crippen molar-refractivity contribution >= 4 is 38.5 Å². The summed E-state index contributed by atoms with van der Waals surface area (Å²) in [6.45, 7) is 8.23. The number of nitrogens with zero attached hydrogens (tertiary/aromatic N) is 3. The van der Waals surface area contributed by atoms with Gasteiger partial charge in [0.15, 0.2) is 6.10 Å².